The lowest BCUT2D eigenvalue weighted by atomic mass is 9.98. The predicted molar refractivity (Wildman–Crippen MR) is 58.3 cm³/mol. The van der Waals surface area contributed by atoms with Crippen LogP contribution in [-0.4, -0.2) is 25.7 Å². The van der Waals surface area contributed by atoms with Crippen LogP contribution < -0.4 is 5.32 Å². The number of esters is 1. The van der Waals surface area contributed by atoms with Crippen molar-refractivity contribution in [2.45, 2.75) is 12.5 Å². The molecule has 3 nitrogen and oxygen atoms in total. The second kappa shape index (κ2) is 4.21. The minimum atomic E-state index is -0.279. The molecule has 1 atom stereocenters. The zero-order valence-electron chi connectivity index (χ0n) is 8.42. The topological polar surface area (TPSA) is 38.3 Å². The molecule has 1 unspecified atom stereocenters. The van der Waals surface area contributed by atoms with E-state index in [1.165, 1.54) is 0 Å². The molecule has 15 heavy (non-hydrogen) atoms. The highest BCUT2D eigenvalue weighted by atomic mass is 35.5. The number of halogens is 1. The Morgan fingerprint density at radius 2 is 2.40 bits per heavy atom. The van der Waals surface area contributed by atoms with Gasteiger partial charge in [-0.15, -0.1) is 0 Å². The van der Waals surface area contributed by atoms with Gasteiger partial charge in [0.05, 0.1) is 5.56 Å². The zero-order valence-corrected chi connectivity index (χ0v) is 9.17. The summed E-state index contributed by atoms with van der Waals surface area (Å²) >= 11 is 6.04. The quantitative estimate of drug-likeness (QED) is 0.778. The van der Waals surface area contributed by atoms with Crippen LogP contribution in [0.5, 0.6) is 0 Å². The van der Waals surface area contributed by atoms with Crippen molar-refractivity contribution in [1.29, 1.82) is 0 Å². The minimum absolute atomic E-state index is 0.116. The second-order valence-corrected chi connectivity index (χ2v) is 3.96. The molecule has 1 aliphatic heterocycles. The number of hydrogen-bond acceptors (Lipinski definition) is 3. The van der Waals surface area contributed by atoms with Gasteiger partial charge >= 0.3 is 5.97 Å². The average molecular weight is 226 g/mol. The molecule has 0 fully saturated rings. The van der Waals surface area contributed by atoms with Crippen LogP contribution in [0.15, 0.2) is 18.2 Å². The second-order valence-electron chi connectivity index (χ2n) is 3.56. The fraction of sp³-hybridized carbons (Fsp3) is 0.364. The van der Waals surface area contributed by atoms with Gasteiger partial charge in [0.15, 0.2) is 0 Å². The van der Waals surface area contributed by atoms with E-state index in [1.54, 1.807) is 18.2 Å². The minimum Gasteiger partial charge on any atom is -0.457 e. The Morgan fingerprint density at radius 1 is 1.60 bits per heavy atom. The highest BCUT2D eigenvalue weighted by Gasteiger charge is 2.27. The van der Waals surface area contributed by atoms with Crippen molar-refractivity contribution in [2.24, 2.45) is 0 Å². The number of rotatable bonds is 2. The van der Waals surface area contributed by atoms with Crippen molar-refractivity contribution in [2.75, 3.05) is 13.6 Å². The first-order valence-electron chi connectivity index (χ1n) is 4.85. The first kappa shape index (κ1) is 10.5. The monoisotopic (exact) mass is 225 g/mol. The third kappa shape index (κ3) is 1.98. The molecule has 1 aromatic carbocycles. The van der Waals surface area contributed by atoms with E-state index in [0.29, 0.717) is 23.6 Å². The van der Waals surface area contributed by atoms with Crippen molar-refractivity contribution in [3.05, 3.63) is 34.3 Å². The molecule has 2 rings (SSSR count). The smallest absolute Gasteiger partial charge is 0.338 e. The molecule has 1 aliphatic rings. The fourth-order valence-corrected chi connectivity index (χ4v) is 2.03. The number of carbonyl (C=O) groups is 1. The number of benzene rings is 1. The van der Waals surface area contributed by atoms with E-state index in [4.69, 9.17) is 16.3 Å². The molecule has 0 aliphatic carbocycles. The van der Waals surface area contributed by atoms with Gasteiger partial charge in [0, 0.05) is 18.0 Å². The summed E-state index contributed by atoms with van der Waals surface area (Å²) in [4.78, 5) is 11.6. The average Bonchev–Trinajstić information content (AvgIpc) is 2.20. The molecule has 0 aromatic heterocycles. The van der Waals surface area contributed by atoms with Gasteiger partial charge in [0.1, 0.15) is 6.10 Å². The van der Waals surface area contributed by atoms with Crippen LogP contribution in [0.2, 0.25) is 5.02 Å². The van der Waals surface area contributed by atoms with Crippen molar-refractivity contribution < 1.29 is 9.53 Å². The van der Waals surface area contributed by atoms with Gasteiger partial charge in [-0.1, -0.05) is 17.7 Å². The Balaban J connectivity index is 2.33. The summed E-state index contributed by atoms with van der Waals surface area (Å²) in [6.07, 6.45) is 0.566. The number of carbonyl (C=O) groups excluding carboxylic acids is 1. The molecule has 0 spiro atoms. The van der Waals surface area contributed by atoms with Crippen LogP contribution in [0.25, 0.3) is 0 Å². The predicted octanol–water partition coefficient (Wildman–Crippen LogP) is 1.64. The molecule has 80 valence electrons. The third-order valence-corrected chi connectivity index (χ3v) is 2.83. The lowest BCUT2D eigenvalue weighted by Crippen LogP contribution is -2.35. The molecule has 0 radical (unpaired) electrons. The van der Waals surface area contributed by atoms with Crippen molar-refractivity contribution >= 4 is 17.6 Å². The maximum atomic E-state index is 11.6. The number of fused-ring (bicyclic) bond motifs is 1. The van der Waals surface area contributed by atoms with E-state index in [0.717, 1.165) is 5.56 Å². The van der Waals surface area contributed by atoms with Crippen molar-refractivity contribution in [3.63, 3.8) is 0 Å². The SMILES string of the molecule is CNCC1Cc2c(Cl)cccc2C(=O)O1. The molecule has 0 saturated heterocycles. The van der Waals surface area contributed by atoms with Gasteiger partial charge < -0.3 is 10.1 Å². The standard InChI is InChI=1S/C11H12ClNO2/c1-13-6-7-5-9-8(11(14)15-7)3-2-4-10(9)12/h2-4,7,13H,5-6H2,1H3. The molecular weight excluding hydrogens is 214 g/mol. The molecule has 1 N–H and O–H groups in total. The highest BCUT2D eigenvalue weighted by Crippen LogP contribution is 2.26. The Bertz CT molecular complexity index is 392. The summed E-state index contributed by atoms with van der Waals surface area (Å²) in [7, 11) is 1.83. The van der Waals surface area contributed by atoms with Crippen LogP contribution >= 0.6 is 11.6 Å². The summed E-state index contributed by atoms with van der Waals surface area (Å²) in [5.41, 5.74) is 1.49. The first-order chi connectivity index (χ1) is 7.22. The zero-order chi connectivity index (χ0) is 10.8. The Labute approximate surface area is 93.4 Å². The summed E-state index contributed by atoms with van der Waals surface area (Å²) < 4.78 is 5.25. The fourth-order valence-electron chi connectivity index (χ4n) is 1.78. The largest absolute Gasteiger partial charge is 0.457 e. The molecule has 4 heteroatoms. The van der Waals surface area contributed by atoms with E-state index in [9.17, 15) is 4.79 Å². The maximum absolute atomic E-state index is 11.6. The summed E-state index contributed by atoms with van der Waals surface area (Å²) in [5.74, 6) is -0.279. The van der Waals surface area contributed by atoms with Crippen molar-refractivity contribution in [3.8, 4) is 0 Å². The Hall–Kier alpha value is -1.06. The maximum Gasteiger partial charge on any atom is 0.338 e. The van der Waals surface area contributed by atoms with Gasteiger partial charge in [-0.25, -0.2) is 4.79 Å². The molecule has 1 heterocycles. The number of likely N-dealkylation sites (N-methyl/N-ethyl adjacent to an activating group) is 1. The summed E-state index contributed by atoms with van der Waals surface area (Å²) in [5, 5.41) is 3.63. The molecular formula is C11H12ClNO2. The molecule has 0 bridgehead atoms. The van der Waals surface area contributed by atoms with Gasteiger partial charge in [-0.3, -0.25) is 0 Å². The van der Waals surface area contributed by atoms with E-state index >= 15 is 0 Å². The van der Waals surface area contributed by atoms with Crippen LogP contribution in [0.1, 0.15) is 15.9 Å². The van der Waals surface area contributed by atoms with Crippen LogP contribution in [-0.2, 0) is 11.2 Å². The van der Waals surface area contributed by atoms with Crippen molar-refractivity contribution in [1.82, 2.24) is 5.32 Å². The molecule has 0 amide bonds. The summed E-state index contributed by atoms with van der Waals surface area (Å²) in [6.45, 7) is 0.649. The Kier molecular flexibility index (Phi) is 2.93. The van der Waals surface area contributed by atoms with Gasteiger partial charge in [-0.2, -0.15) is 0 Å². The number of ether oxygens (including phenoxy) is 1. The van der Waals surface area contributed by atoms with Crippen LogP contribution in [0, 0.1) is 0 Å². The van der Waals surface area contributed by atoms with E-state index < -0.39 is 0 Å². The van der Waals surface area contributed by atoms with Gasteiger partial charge in [0.2, 0.25) is 0 Å². The van der Waals surface area contributed by atoms with Gasteiger partial charge in [-0.05, 0) is 24.7 Å². The van der Waals surface area contributed by atoms with E-state index in [1.807, 2.05) is 7.05 Å². The molecule has 0 saturated carbocycles. The van der Waals surface area contributed by atoms with E-state index in [-0.39, 0.29) is 12.1 Å². The normalized spacial score (nSPS) is 19.6. The lowest BCUT2D eigenvalue weighted by Gasteiger charge is -2.25. The number of hydrogen-bond donors (Lipinski definition) is 1. The van der Waals surface area contributed by atoms with Gasteiger partial charge in [0.25, 0.3) is 0 Å². The van der Waals surface area contributed by atoms with Crippen LogP contribution in [0.3, 0.4) is 0 Å². The first-order valence-corrected chi connectivity index (χ1v) is 5.23. The van der Waals surface area contributed by atoms with Crippen LogP contribution in [0.4, 0.5) is 0 Å². The molecule has 1 aromatic rings. The summed E-state index contributed by atoms with van der Waals surface area (Å²) in [6, 6.07) is 5.31. The number of nitrogens with one attached hydrogen (secondary N) is 1. The Morgan fingerprint density at radius 3 is 3.13 bits per heavy atom. The highest BCUT2D eigenvalue weighted by molar-refractivity contribution is 6.31. The lowest BCUT2D eigenvalue weighted by molar-refractivity contribution is 0.0264. The van der Waals surface area contributed by atoms with E-state index in [2.05, 4.69) is 5.32 Å². The third-order valence-electron chi connectivity index (χ3n) is 2.48. The number of cyclic esters (lactones) is 1.